The maximum Gasteiger partial charge on any atom is 0.416 e. The molecule has 2 saturated heterocycles. The van der Waals surface area contributed by atoms with Gasteiger partial charge in [0.2, 0.25) is 0 Å². The third kappa shape index (κ3) is 8.63. The lowest BCUT2D eigenvalue weighted by Gasteiger charge is -2.41. The minimum absolute atomic E-state index is 0.0495. The molecule has 2 aromatic carbocycles. The number of nitrogens with zero attached hydrogens (tertiary/aromatic N) is 3. The minimum atomic E-state index is -5.03. The summed E-state index contributed by atoms with van der Waals surface area (Å²) in [5, 5.41) is 0. The fourth-order valence-electron chi connectivity index (χ4n) is 5.91. The fraction of sp³-hybridized carbons (Fsp3) is 0.545. The Balaban J connectivity index is 1.54. The molecular formula is C33H41F6N3O2. The molecular weight excluding hydrogens is 584 g/mol. The SMILES string of the molecule is Cc1ccc(C[C@@H]2CN(CC=CCN3CCOC[C@@H]3C(C)C)CCN2C(=O)c2cc(C(F)(F)F)cc(C(F)(F)F)c2)cc1C. The van der Waals surface area contributed by atoms with Crippen molar-refractivity contribution < 1.29 is 35.9 Å². The summed E-state index contributed by atoms with van der Waals surface area (Å²) in [7, 11) is 0. The van der Waals surface area contributed by atoms with Crippen LogP contribution < -0.4 is 0 Å². The van der Waals surface area contributed by atoms with Crippen molar-refractivity contribution in [3.63, 3.8) is 0 Å². The van der Waals surface area contributed by atoms with Gasteiger partial charge in [0, 0.05) is 56.9 Å². The minimum Gasteiger partial charge on any atom is -0.378 e. The number of hydrogen-bond acceptors (Lipinski definition) is 4. The third-order valence-corrected chi connectivity index (χ3v) is 8.63. The number of ether oxygens (including phenoxy) is 1. The molecule has 0 spiro atoms. The first-order valence-corrected chi connectivity index (χ1v) is 15.0. The number of aryl methyl sites for hydroxylation is 2. The monoisotopic (exact) mass is 625 g/mol. The van der Waals surface area contributed by atoms with Crippen LogP contribution in [0.2, 0.25) is 0 Å². The summed E-state index contributed by atoms with van der Waals surface area (Å²) in [6.45, 7) is 13.0. The quantitative estimate of drug-likeness (QED) is 0.244. The third-order valence-electron chi connectivity index (χ3n) is 8.63. The van der Waals surface area contributed by atoms with Crippen molar-refractivity contribution in [3.8, 4) is 0 Å². The lowest BCUT2D eigenvalue weighted by atomic mass is 9.97. The topological polar surface area (TPSA) is 36.0 Å². The molecule has 2 aromatic rings. The van der Waals surface area contributed by atoms with E-state index in [0.29, 0.717) is 63.4 Å². The summed E-state index contributed by atoms with van der Waals surface area (Å²) in [5.74, 6) is -0.373. The van der Waals surface area contributed by atoms with Gasteiger partial charge < -0.3 is 9.64 Å². The standard InChI is InChI=1S/C33H41F6N3O2/c1-22(2)30-21-44-14-13-41(30)10-6-5-9-40-11-12-42(29(20-40)16-25-8-7-23(3)24(4)15-25)31(43)26-17-27(32(34,35)36)19-28(18-26)33(37,38)39/h5-8,15,17-19,22,29-30H,9-14,16,20-21H2,1-4H3/t29-,30-/m1/s1. The lowest BCUT2D eigenvalue weighted by Crippen LogP contribution is -2.56. The summed E-state index contributed by atoms with van der Waals surface area (Å²) in [6.07, 6.45) is -5.44. The second-order valence-corrected chi connectivity index (χ2v) is 12.2. The van der Waals surface area contributed by atoms with E-state index >= 15 is 0 Å². The van der Waals surface area contributed by atoms with Gasteiger partial charge in [0.25, 0.3) is 5.91 Å². The molecule has 5 nitrogen and oxygen atoms in total. The zero-order chi connectivity index (χ0) is 32.2. The summed E-state index contributed by atoms with van der Waals surface area (Å²) in [4.78, 5) is 19.6. The predicted octanol–water partition coefficient (Wildman–Crippen LogP) is 6.62. The van der Waals surface area contributed by atoms with Crippen LogP contribution in [0, 0.1) is 19.8 Å². The zero-order valence-electron chi connectivity index (χ0n) is 25.6. The number of benzene rings is 2. The van der Waals surface area contributed by atoms with Gasteiger partial charge in [-0.1, -0.05) is 44.2 Å². The number of rotatable bonds is 8. The van der Waals surface area contributed by atoms with Crippen LogP contribution in [0.3, 0.4) is 0 Å². The highest BCUT2D eigenvalue weighted by atomic mass is 19.4. The molecule has 0 radical (unpaired) electrons. The summed E-state index contributed by atoms with van der Waals surface area (Å²) in [6, 6.07) is 6.93. The first-order valence-electron chi connectivity index (χ1n) is 15.0. The molecule has 1 amide bonds. The van der Waals surface area contributed by atoms with Crippen molar-refractivity contribution in [2.24, 2.45) is 5.92 Å². The number of halogens is 6. The van der Waals surface area contributed by atoms with Crippen LogP contribution in [0.4, 0.5) is 26.3 Å². The number of hydrogen-bond donors (Lipinski definition) is 0. The van der Waals surface area contributed by atoms with E-state index in [0.717, 1.165) is 29.8 Å². The lowest BCUT2D eigenvalue weighted by molar-refractivity contribution is -0.143. The number of morpholine rings is 1. The molecule has 0 aromatic heterocycles. The molecule has 2 heterocycles. The van der Waals surface area contributed by atoms with Crippen LogP contribution in [0.5, 0.6) is 0 Å². The highest BCUT2D eigenvalue weighted by Gasteiger charge is 2.39. The number of carbonyl (C=O) groups excluding carboxylic acids is 1. The largest absolute Gasteiger partial charge is 0.416 e. The van der Waals surface area contributed by atoms with Gasteiger partial charge in [0.05, 0.1) is 24.3 Å². The molecule has 4 rings (SSSR count). The van der Waals surface area contributed by atoms with Crippen LogP contribution in [0.25, 0.3) is 0 Å². The van der Waals surface area contributed by atoms with E-state index in [1.807, 2.05) is 32.0 Å². The molecule has 11 heteroatoms. The molecule has 2 atom stereocenters. The number of carbonyl (C=O) groups is 1. The average molecular weight is 626 g/mol. The van der Waals surface area contributed by atoms with E-state index in [2.05, 4.69) is 35.8 Å². The highest BCUT2D eigenvalue weighted by Crippen LogP contribution is 2.37. The van der Waals surface area contributed by atoms with E-state index in [9.17, 15) is 31.1 Å². The summed E-state index contributed by atoms with van der Waals surface area (Å²) >= 11 is 0. The predicted molar refractivity (Wildman–Crippen MR) is 157 cm³/mol. The normalized spacial score (nSPS) is 21.0. The molecule has 2 fully saturated rings. The molecule has 242 valence electrons. The van der Waals surface area contributed by atoms with Crippen LogP contribution in [0.1, 0.15) is 52.0 Å². The van der Waals surface area contributed by atoms with Crippen LogP contribution in [-0.2, 0) is 23.5 Å². The van der Waals surface area contributed by atoms with Gasteiger partial charge in [-0.05, 0) is 61.1 Å². The van der Waals surface area contributed by atoms with Gasteiger partial charge in [-0.2, -0.15) is 26.3 Å². The first-order chi connectivity index (χ1) is 20.6. The van der Waals surface area contributed by atoms with Crippen molar-refractivity contribution in [2.75, 3.05) is 52.5 Å². The number of piperazine rings is 1. The van der Waals surface area contributed by atoms with Gasteiger partial charge in [-0.25, -0.2) is 0 Å². The van der Waals surface area contributed by atoms with Gasteiger partial charge in [-0.3, -0.25) is 14.6 Å². The molecule has 2 aliphatic rings. The van der Waals surface area contributed by atoms with E-state index in [1.165, 1.54) is 4.90 Å². The maximum atomic E-state index is 13.7. The Labute approximate surface area is 255 Å². The van der Waals surface area contributed by atoms with Crippen molar-refractivity contribution in [3.05, 3.63) is 81.9 Å². The smallest absolute Gasteiger partial charge is 0.378 e. The fourth-order valence-corrected chi connectivity index (χ4v) is 5.91. The second kappa shape index (κ2) is 14.0. The molecule has 0 N–H and O–H groups in total. The van der Waals surface area contributed by atoms with E-state index in [1.54, 1.807) is 0 Å². The van der Waals surface area contributed by atoms with Crippen LogP contribution >= 0.6 is 0 Å². The second-order valence-electron chi connectivity index (χ2n) is 12.2. The average Bonchev–Trinajstić information content (AvgIpc) is 2.96. The molecule has 2 aliphatic heterocycles. The van der Waals surface area contributed by atoms with Crippen molar-refractivity contribution >= 4 is 5.91 Å². The van der Waals surface area contributed by atoms with Gasteiger partial charge in [0.15, 0.2) is 0 Å². The first kappa shape index (κ1) is 34.0. The molecule has 0 unspecified atom stereocenters. The van der Waals surface area contributed by atoms with E-state index in [-0.39, 0.29) is 12.6 Å². The zero-order valence-corrected chi connectivity index (χ0v) is 25.6. The van der Waals surface area contributed by atoms with Crippen LogP contribution in [0.15, 0.2) is 48.6 Å². The Bertz CT molecular complexity index is 1290. The van der Waals surface area contributed by atoms with Crippen molar-refractivity contribution in [1.29, 1.82) is 0 Å². The Morgan fingerprint density at radius 3 is 2.18 bits per heavy atom. The Hall–Kier alpha value is -2.89. The van der Waals surface area contributed by atoms with Gasteiger partial charge in [0.1, 0.15) is 0 Å². The molecule has 0 aliphatic carbocycles. The Morgan fingerprint density at radius 1 is 0.909 bits per heavy atom. The van der Waals surface area contributed by atoms with E-state index < -0.39 is 41.0 Å². The number of alkyl halides is 6. The van der Waals surface area contributed by atoms with Gasteiger partial charge in [-0.15, -0.1) is 0 Å². The highest BCUT2D eigenvalue weighted by molar-refractivity contribution is 5.95. The van der Waals surface area contributed by atoms with Gasteiger partial charge >= 0.3 is 12.4 Å². The molecule has 0 saturated carbocycles. The molecule has 0 bridgehead atoms. The molecule has 44 heavy (non-hydrogen) atoms. The number of amides is 1. The Kier molecular flexibility index (Phi) is 10.8. The maximum absolute atomic E-state index is 13.7. The Morgan fingerprint density at radius 2 is 1.57 bits per heavy atom. The van der Waals surface area contributed by atoms with E-state index in [4.69, 9.17) is 4.74 Å². The van der Waals surface area contributed by atoms with Crippen molar-refractivity contribution in [2.45, 2.75) is 58.6 Å². The summed E-state index contributed by atoms with van der Waals surface area (Å²) in [5.41, 5.74) is -0.501. The van der Waals surface area contributed by atoms with Crippen LogP contribution in [-0.4, -0.2) is 85.2 Å². The van der Waals surface area contributed by atoms with Crippen molar-refractivity contribution in [1.82, 2.24) is 14.7 Å². The summed E-state index contributed by atoms with van der Waals surface area (Å²) < 4.78 is 86.9.